The summed E-state index contributed by atoms with van der Waals surface area (Å²) in [4.78, 5) is 0. The second kappa shape index (κ2) is 4.96. The van der Waals surface area contributed by atoms with E-state index < -0.39 is 0 Å². The van der Waals surface area contributed by atoms with Crippen LogP contribution in [0, 0.1) is 5.92 Å². The fourth-order valence-electron chi connectivity index (χ4n) is 2.53. The van der Waals surface area contributed by atoms with Crippen LogP contribution in [0.3, 0.4) is 0 Å². The zero-order valence-corrected chi connectivity index (χ0v) is 10.1. The molecule has 1 saturated heterocycles. The molecule has 92 valence electrons. The molecule has 0 radical (unpaired) electrons. The van der Waals surface area contributed by atoms with Crippen molar-refractivity contribution >= 4 is 5.69 Å². The molecule has 17 heavy (non-hydrogen) atoms. The Morgan fingerprint density at radius 1 is 1.41 bits per heavy atom. The Morgan fingerprint density at radius 2 is 2.41 bits per heavy atom. The number of rotatable bonds is 3. The number of hydrogen-bond donors (Lipinski definition) is 1. The van der Waals surface area contributed by atoms with Crippen LogP contribution in [0.5, 0.6) is 5.75 Å². The third-order valence-corrected chi connectivity index (χ3v) is 3.55. The van der Waals surface area contributed by atoms with Gasteiger partial charge in [-0.25, -0.2) is 0 Å². The predicted molar refractivity (Wildman–Crippen MR) is 67.7 cm³/mol. The minimum absolute atomic E-state index is 0.572. The molecule has 3 heteroatoms. The monoisotopic (exact) mass is 233 g/mol. The van der Waals surface area contributed by atoms with Crippen molar-refractivity contribution in [3.05, 3.63) is 23.8 Å². The molecule has 2 aliphatic rings. The first kappa shape index (κ1) is 10.9. The molecule has 1 atom stereocenters. The van der Waals surface area contributed by atoms with Crippen LogP contribution in [-0.2, 0) is 11.2 Å². The average molecular weight is 233 g/mol. The molecule has 0 saturated carbocycles. The molecular formula is C14H19NO2. The van der Waals surface area contributed by atoms with Gasteiger partial charge in [-0.15, -0.1) is 0 Å². The van der Waals surface area contributed by atoms with Crippen molar-refractivity contribution in [3.8, 4) is 5.75 Å². The lowest BCUT2D eigenvalue weighted by Crippen LogP contribution is -2.16. The van der Waals surface area contributed by atoms with Gasteiger partial charge in [0.2, 0.25) is 0 Å². The van der Waals surface area contributed by atoms with Gasteiger partial charge in [0.25, 0.3) is 0 Å². The van der Waals surface area contributed by atoms with Crippen molar-refractivity contribution in [2.24, 2.45) is 5.92 Å². The fourth-order valence-corrected chi connectivity index (χ4v) is 2.53. The highest BCUT2D eigenvalue weighted by Gasteiger charge is 2.18. The molecule has 1 aromatic rings. The van der Waals surface area contributed by atoms with E-state index in [9.17, 15) is 0 Å². The quantitative estimate of drug-likeness (QED) is 0.870. The van der Waals surface area contributed by atoms with Gasteiger partial charge in [-0.05, 0) is 31.4 Å². The van der Waals surface area contributed by atoms with Crippen molar-refractivity contribution in [1.82, 2.24) is 0 Å². The maximum Gasteiger partial charge on any atom is 0.124 e. The summed E-state index contributed by atoms with van der Waals surface area (Å²) in [5.74, 6) is 1.63. The van der Waals surface area contributed by atoms with Gasteiger partial charge in [-0.2, -0.15) is 0 Å². The van der Waals surface area contributed by atoms with Gasteiger partial charge in [-0.1, -0.05) is 6.07 Å². The van der Waals surface area contributed by atoms with E-state index in [1.807, 2.05) is 0 Å². The SMILES string of the molecule is c1cc2c(c(OCC3CCOC3)c1)CCCN2. The Balaban J connectivity index is 1.69. The zero-order chi connectivity index (χ0) is 11.5. The Bertz CT molecular complexity index is 386. The van der Waals surface area contributed by atoms with Crippen LogP contribution < -0.4 is 10.1 Å². The fraction of sp³-hybridized carbons (Fsp3) is 0.571. The molecule has 1 unspecified atom stereocenters. The smallest absolute Gasteiger partial charge is 0.124 e. The van der Waals surface area contributed by atoms with Crippen molar-refractivity contribution in [2.45, 2.75) is 19.3 Å². The minimum atomic E-state index is 0.572. The van der Waals surface area contributed by atoms with Crippen LogP contribution in [0.1, 0.15) is 18.4 Å². The van der Waals surface area contributed by atoms with Gasteiger partial charge in [0.05, 0.1) is 13.2 Å². The van der Waals surface area contributed by atoms with Gasteiger partial charge >= 0.3 is 0 Å². The lowest BCUT2D eigenvalue weighted by molar-refractivity contribution is 0.166. The first-order valence-electron chi connectivity index (χ1n) is 6.50. The topological polar surface area (TPSA) is 30.5 Å². The summed E-state index contributed by atoms with van der Waals surface area (Å²) in [5, 5.41) is 3.43. The molecule has 0 spiro atoms. The van der Waals surface area contributed by atoms with Crippen molar-refractivity contribution in [2.75, 3.05) is 31.7 Å². The van der Waals surface area contributed by atoms with E-state index in [4.69, 9.17) is 9.47 Å². The van der Waals surface area contributed by atoms with Crippen LogP contribution in [0.15, 0.2) is 18.2 Å². The number of benzene rings is 1. The van der Waals surface area contributed by atoms with Crippen LogP contribution >= 0.6 is 0 Å². The summed E-state index contributed by atoms with van der Waals surface area (Å²) in [7, 11) is 0. The lowest BCUT2D eigenvalue weighted by atomic mass is 10.0. The summed E-state index contributed by atoms with van der Waals surface area (Å²) < 4.78 is 11.3. The van der Waals surface area contributed by atoms with E-state index in [-0.39, 0.29) is 0 Å². The third kappa shape index (κ3) is 2.39. The number of nitrogens with one attached hydrogen (secondary N) is 1. The molecule has 0 aromatic heterocycles. The summed E-state index contributed by atoms with van der Waals surface area (Å²) in [6.07, 6.45) is 3.45. The van der Waals surface area contributed by atoms with Crippen LogP contribution in [0.25, 0.3) is 0 Å². The summed E-state index contributed by atoms with van der Waals surface area (Å²) in [6.45, 7) is 3.61. The molecule has 3 nitrogen and oxygen atoms in total. The van der Waals surface area contributed by atoms with Crippen molar-refractivity contribution in [1.29, 1.82) is 0 Å². The summed E-state index contributed by atoms with van der Waals surface area (Å²) in [5.41, 5.74) is 2.59. The van der Waals surface area contributed by atoms with E-state index >= 15 is 0 Å². The molecule has 1 aromatic carbocycles. The normalized spacial score (nSPS) is 22.9. The van der Waals surface area contributed by atoms with E-state index in [0.717, 1.165) is 45.0 Å². The molecule has 1 fully saturated rings. The van der Waals surface area contributed by atoms with Gasteiger partial charge in [0.15, 0.2) is 0 Å². The molecule has 0 aliphatic carbocycles. The van der Waals surface area contributed by atoms with Crippen molar-refractivity contribution in [3.63, 3.8) is 0 Å². The van der Waals surface area contributed by atoms with Crippen molar-refractivity contribution < 1.29 is 9.47 Å². The first-order chi connectivity index (χ1) is 8.43. The Morgan fingerprint density at radius 3 is 3.29 bits per heavy atom. The van der Waals surface area contributed by atoms with Gasteiger partial charge in [-0.3, -0.25) is 0 Å². The lowest BCUT2D eigenvalue weighted by Gasteiger charge is -2.21. The van der Waals surface area contributed by atoms with E-state index in [1.54, 1.807) is 0 Å². The number of hydrogen-bond acceptors (Lipinski definition) is 3. The maximum atomic E-state index is 5.97. The Hall–Kier alpha value is -1.22. The van der Waals surface area contributed by atoms with Crippen LogP contribution in [-0.4, -0.2) is 26.4 Å². The Labute approximate surface area is 102 Å². The van der Waals surface area contributed by atoms with E-state index in [0.29, 0.717) is 5.92 Å². The largest absolute Gasteiger partial charge is 0.493 e. The van der Waals surface area contributed by atoms with E-state index in [2.05, 4.69) is 23.5 Å². The molecule has 0 bridgehead atoms. The maximum absolute atomic E-state index is 5.97. The Kier molecular flexibility index (Phi) is 3.18. The highest BCUT2D eigenvalue weighted by atomic mass is 16.5. The van der Waals surface area contributed by atoms with Gasteiger partial charge < -0.3 is 14.8 Å². The standard InChI is InChI=1S/C14H19NO2/c1-4-13-12(3-2-7-15-13)14(5-1)17-10-11-6-8-16-9-11/h1,4-5,11,15H,2-3,6-10H2. The highest BCUT2D eigenvalue weighted by Crippen LogP contribution is 2.31. The molecule has 2 heterocycles. The van der Waals surface area contributed by atoms with Gasteiger partial charge in [0, 0.05) is 30.3 Å². The molecule has 1 N–H and O–H groups in total. The summed E-state index contributed by atoms with van der Waals surface area (Å²) in [6, 6.07) is 6.29. The second-order valence-corrected chi connectivity index (χ2v) is 4.85. The average Bonchev–Trinajstić information content (AvgIpc) is 2.89. The first-order valence-corrected chi connectivity index (χ1v) is 6.50. The van der Waals surface area contributed by atoms with Gasteiger partial charge in [0.1, 0.15) is 5.75 Å². The third-order valence-electron chi connectivity index (χ3n) is 3.55. The molecular weight excluding hydrogens is 214 g/mol. The van der Waals surface area contributed by atoms with E-state index in [1.165, 1.54) is 17.7 Å². The number of fused-ring (bicyclic) bond motifs is 1. The molecule has 3 rings (SSSR count). The predicted octanol–water partition coefficient (Wildman–Crippen LogP) is 2.46. The van der Waals surface area contributed by atoms with Crippen LogP contribution in [0.4, 0.5) is 5.69 Å². The minimum Gasteiger partial charge on any atom is -0.493 e. The highest BCUT2D eigenvalue weighted by molar-refractivity contribution is 5.59. The molecule has 0 amide bonds. The number of ether oxygens (including phenoxy) is 2. The second-order valence-electron chi connectivity index (χ2n) is 4.85. The molecule has 2 aliphatic heterocycles. The summed E-state index contributed by atoms with van der Waals surface area (Å²) >= 11 is 0. The van der Waals surface area contributed by atoms with Crippen LogP contribution in [0.2, 0.25) is 0 Å². The number of anilines is 1. The zero-order valence-electron chi connectivity index (χ0n) is 10.1.